The molecule has 0 aromatic rings. The maximum absolute atomic E-state index is 12.5. The van der Waals surface area contributed by atoms with Crippen LogP contribution in [-0.4, -0.2) is 67.4 Å². The molecule has 0 aromatic heterocycles. The number of carbonyl (C=O) groups is 2. The van der Waals surface area contributed by atoms with E-state index in [4.69, 9.17) is 4.74 Å². The van der Waals surface area contributed by atoms with Crippen LogP contribution >= 0.6 is 0 Å². The highest BCUT2D eigenvalue weighted by atomic mass is 32.2. The topological polar surface area (TPSA) is 96.3 Å². The van der Waals surface area contributed by atoms with Crippen LogP contribution < -0.4 is 0 Å². The molecular formula is C17H23N3O5S. The first kappa shape index (κ1) is 18.6. The molecule has 0 unspecified atom stereocenters. The Morgan fingerprint density at radius 2 is 1.85 bits per heavy atom. The number of hydrogen-bond donors (Lipinski definition) is 0. The number of amidine groups is 1. The highest BCUT2D eigenvalue weighted by Crippen LogP contribution is 2.20. The van der Waals surface area contributed by atoms with Gasteiger partial charge in [0.15, 0.2) is 11.9 Å². The van der Waals surface area contributed by atoms with Gasteiger partial charge in [0.1, 0.15) is 5.57 Å². The molecule has 0 radical (unpaired) electrons. The van der Waals surface area contributed by atoms with E-state index in [1.165, 1.54) is 6.08 Å². The number of rotatable bonds is 3. The highest BCUT2D eigenvalue weighted by molar-refractivity contribution is 7.90. The molecule has 1 saturated heterocycles. The molecule has 3 aliphatic heterocycles. The zero-order valence-corrected chi connectivity index (χ0v) is 15.6. The quantitative estimate of drug-likeness (QED) is 0.672. The SMILES string of the molecule is C[C@@H](OC(=O)C1=CC=CN2CCS(=O)(=O)N=C12)C(=O)N1CCCCCC1. The Balaban J connectivity index is 1.70. The van der Waals surface area contributed by atoms with Crippen LogP contribution in [0, 0.1) is 0 Å². The standard InChI is InChI=1S/C17H23N3O5S/c1-13(16(21)20-8-4-2-3-5-9-20)25-17(22)14-7-6-10-19-11-12-26(23,24)18-15(14)19/h6-7,10,13H,2-5,8-9,11-12H2,1H3/t13-/m1/s1. The lowest BCUT2D eigenvalue weighted by molar-refractivity contribution is -0.155. The molecule has 3 aliphatic rings. The van der Waals surface area contributed by atoms with Crippen molar-refractivity contribution in [3.8, 4) is 0 Å². The van der Waals surface area contributed by atoms with Crippen LogP contribution in [0.3, 0.4) is 0 Å². The third-order valence-electron chi connectivity index (χ3n) is 4.63. The molecule has 1 atom stereocenters. The minimum Gasteiger partial charge on any atom is -0.449 e. The molecule has 26 heavy (non-hydrogen) atoms. The molecule has 0 bridgehead atoms. The molecule has 0 aromatic carbocycles. The summed E-state index contributed by atoms with van der Waals surface area (Å²) in [4.78, 5) is 28.4. The Hall–Kier alpha value is -2.16. The molecule has 0 saturated carbocycles. The zero-order valence-electron chi connectivity index (χ0n) is 14.8. The summed E-state index contributed by atoms with van der Waals surface area (Å²) in [5, 5.41) is 0. The molecule has 1 amide bonds. The molecule has 0 aliphatic carbocycles. The van der Waals surface area contributed by atoms with Gasteiger partial charge < -0.3 is 14.5 Å². The lowest BCUT2D eigenvalue weighted by Gasteiger charge is -2.29. The summed E-state index contributed by atoms with van der Waals surface area (Å²) >= 11 is 0. The van der Waals surface area contributed by atoms with Gasteiger partial charge in [-0.1, -0.05) is 12.8 Å². The summed E-state index contributed by atoms with van der Waals surface area (Å²) in [6.07, 6.45) is 7.93. The van der Waals surface area contributed by atoms with E-state index in [-0.39, 0.29) is 29.6 Å². The van der Waals surface area contributed by atoms with Crippen LogP contribution in [0.4, 0.5) is 0 Å². The van der Waals surface area contributed by atoms with Gasteiger partial charge in [0, 0.05) is 25.8 Å². The summed E-state index contributed by atoms with van der Waals surface area (Å²) in [5.41, 5.74) is 0.0475. The summed E-state index contributed by atoms with van der Waals surface area (Å²) in [6, 6.07) is 0. The van der Waals surface area contributed by atoms with E-state index in [1.807, 2.05) is 0 Å². The Morgan fingerprint density at radius 3 is 2.54 bits per heavy atom. The van der Waals surface area contributed by atoms with Gasteiger partial charge in [-0.25, -0.2) is 13.2 Å². The van der Waals surface area contributed by atoms with E-state index in [2.05, 4.69) is 4.40 Å². The van der Waals surface area contributed by atoms with Crippen LogP contribution in [0.2, 0.25) is 0 Å². The molecular weight excluding hydrogens is 358 g/mol. The van der Waals surface area contributed by atoms with Crippen molar-refractivity contribution in [1.82, 2.24) is 9.80 Å². The average Bonchev–Trinajstić information content (AvgIpc) is 2.89. The lowest BCUT2D eigenvalue weighted by Crippen LogP contribution is -2.43. The third-order valence-corrected chi connectivity index (χ3v) is 5.78. The van der Waals surface area contributed by atoms with Gasteiger partial charge in [0.2, 0.25) is 0 Å². The predicted molar refractivity (Wildman–Crippen MR) is 95.8 cm³/mol. The summed E-state index contributed by atoms with van der Waals surface area (Å²) in [6.45, 7) is 3.11. The van der Waals surface area contributed by atoms with Crippen molar-refractivity contribution in [2.75, 3.05) is 25.4 Å². The van der Waals surface area contributed by atoms with Gasteiger partial charge in [-0.05, 0) is 31.9 Å². The Labute approximate surface area is 153 Å². The van der Waals surface area contributed by atoms with Crippen molar-refractivity contribution in [1.29, 1.82) is 0 Å². The Bertz CT molecular complexity index is 776. The number of likely N-dealkylation sites (tertiary alicyclic amines) is 1. The van der Waals surface area contributed by atoms with Crippen molar-refractivity contribution in [3.05, 3.63) is 23.9 Å². The Morgan fingerprint density at radius 1 is 1.15 bits per heavy atom. The van der Waals surface area contributed by atoms with Crippen LogP contribution in [-0.2, 0) is 24.3 Å². The van der Waals surface area contributed by atoms with Gasteiger partial charge in [-0.3, -0.25) is 4.79 Å². The number of nitrogens with zero attached hydrogens (tertiary/aromatic N) is 3. The summed E-state index contributed by atoms with van der Waals surface area (Å²) < 4.78 is 32.5. The number of amides is 1. The predicted octanol–water partition coefficient (Wildman–Crippen LogP) is 0.818. The number of allylic oxidation sites excluding steroid dienone is 2. The van der Waals surface area contributed by atoms with Crippen molar-refractivity contribution >= 4 is 27.7 Å². The summed E-state index contributed by atoms with van der Waals surface area (Å²) in [7, 11) is -3.60. The van der Waals surface area contributed by atoms with E-state index in [1.54, 1.807) is 29.0 Å². The maximum Gasteiger partial charge on any atom is 0.342 e. The second-order valence-corrected chi connectivity index (χ2v) is 8.36. The summed E-state index contributed by atoms with van der Waals surface area (Å²) in [5.74, 6) is -1.01. The molecule has 1 fully saturated rings. The number of ether oxygens (including phenoxy) is 1. The second-order valence-electron chi connectivity index (χ2n) is 6.60. The molecule has 0 N–H and O–H groups in total. The average molecular weight is 381 g/mol. The first-order valence-corrected chi connectivity index (χ1v) is 10.5. The number of sulfonamides is 1. The van der Waals surface area contributed by atoms with Gasteiger partial charge in [0.25, 0.3) is 15.9 Å². The van der Waals surface area contributed by atoms with Gasteiger partial charge in [0.05, 0.1) is 5.75 Å². The van der Waals surface area contributed by atoms with Gasteiger partial charge in [-0.15, -0.1) is 4.40 Å². The van der Waals surface area contributed by atoms with Crippen molar-refractivity contribution < 1.29 is 22.7 Å². The van der Waals surface area contributed by atoms with Crippen LogP contribution in [0.25, 0.3) is 0 Å². The van der Waals surface area contributed by atoms with Crippen molar-refractivity contribution in [3.63, 3.8) is 0 Å². The van der Waals surface area contributed by atoms with E-state index < -0.39 is 22.1 Å². The van der Waals surface area contributed by atoms with E-state index >= 15 is 0 Å². The molecule has 0 spiro atoms. The molecule has 142 valence electrons. The van der Waals surface area contributed by atoms with Crippen LogP contribution in [0.5, 0.6) is 0 Å². The van der Waals surface area contributed by atoms with E-state index in [0.29, 0.717) is 13.1 Å². The van der Waals surface area contributed by atoms with Crippen molar-refractivity contribution in [2.45, 2.75) is 38.7 Å². The minimum atomic E-state index is -3.60. The monoisotopic (exact) mass is 381 g/mol. The van der Waals surface area contributed by atoms with Crippen LogP contribution in [0.15, 0.2) is 28.3 Å². The second kappa shape index (κ2) is 7.61. The largest absolute Gasteiger partial charge is 0.449 e. The number of hydrogen-bond acceptors (Lipinski definition) is 6. The van der Waals surface area contributed by atoms with Gasteiger partial charge >= 0.3 is 5.97 Å². The highest BCUT2D eigenvalue weighted by Gasteiger charge is 2.33. The van der Waals surface area contributed by atoms with Gasteiger partial charge in [-0.2, -0.15) is 0 Å². The smallest absolute Gasteiger partial charge is 0.342 e. The maximum atomic E-state index is 12.5. The fraction of sp³-hybridized carbons (Fsp3) is 0.588. The number of fused-ring (bicyclic) bond motifs is 1. The fourth-order valence-electron chi connectivity index (χ4n) is 3.20. The normalized spacial score (nSPS) is 23.3. The van der Waals surface area contributed by atoms with E-state index in [9.17, 15) is 18.0 Å². The number of esters is 1. The fourth-order valence-corrected chi connectivity index (χ4v) is 4.18. The molecule has 3 heterocycles. The molecule has 3 rings (SSSR count). The first-order valence-electron chi connectivity index (χ1n) is 8.85. The van der Waals surface area contributed by atoms with E-state index in [0.717, 1.165) is 25.7 Å². The Kier molecular flexibility index (Phi) is 5.45. The minimum absolute atomic E-state index is 0.0475. The lowest BCUT2D eigenvalue weighted by atomic mass is 10.1. The first-order chi connectivity index (χ1) is 12.4. The molecule has 8 nitrogen and oxygen atoms in total. The third kappa shape index (κ3) is 4.14. The zero-order chi connectivity index (χ0) is 18.7. The number of carbonyl (C=O) groups excluding carboxylic acids is 2. The van der Waals surface area contributed by atoms with Crippen LogP contribution in [0.1, 0.15) is 32.6 Å². The van der Waals surface area contributed by atoms with Crippen molar-refractivity contribution in [2.24, 2.45) is 4.40 Å². The molecule has 9 heteroatoms.